The molecule has 1 aliphatic heterocycles. The molecule has 0 aliphatic carbocycles. The van der Waals surface area contributed by atoms with Crippen molar-refractivity contribution in [2.24, 2.45) is 0 Å². The van der Waals surface area contributed by atoms with E-state index in [1.807, 2.05) is 49.4 Å². The van der Waals surface area contributed by atoms with E-state index < -0.39 is 26.5 Å². The molecule has 2 heterocycles. The van der Waals surface area contributed by atoms with Gasteiger partial charge in [-0.1, -0.05) is 112 Å². The number of benzene rings is 3. The first-order valence-corrected chi connectivity index (χ1v) is 16.0. The molecule has 1 saturated heterocycles. The van der Waals surface area contributed by atoms with Gasteiger partial charge in [-0.05, 0) is 27.9 Å². The Morgan fingerprint density at radius 2 is 1.55 bits per heavy atom. The molecule has 1 unspecified atom stereocenters. The third kappa shape index (κ3) is 5.72. The normalized spacial score (nSPS) is 17.7. The highest BCUT2D eigenvalue weighted by molar-refractivity contribution is 6.99. The zero-order valence-corrected chi connectivity index (χ0v) is 25.3. The summed E-state index contributed by atoms with van der Waals surface area (Å²) < 4.78 is 7.16. The van der Waals surface area contributed by atoms with Gasteiger partial charge in [0.1, 0.15) is 11.7 Å². The Kier molecular flexibility index (Phi) is 8.28. The summed E-state index contributed by atoms with van der Waals surface area (Å²) in [6, 6.07) is 28.8. The maximum atomic E-state index is 12.5. The van der Waals surface area contributed by atoms with E-state index in [2.05, 4.69) is 79.7 Å². The predicted molar refractivity (Wildman–Crippen MR) is 163 cm³/mol. The second-order valence-corrected chi connectivity index (χ2v) is 16.0. The third-order valence-corrected chi connectivity index (χ3v) is 13.0. The Morgan fingerprint density at radius 1 is 1.00 bits per heavy atom. The van der Waals surface area contributed by atoms with Crippen LogP contribution in [-0.2, 0) is 22.3 Å². The SMILES string of the molecule is CC(O[Si](c1ccccc1)(c1ccccc1)C(C)(C)C)c1cnn(C[C@@H]2NC(=O)[C@H]2N(Cc2ccccc2)C(=O)O)n1. The molecule has 0 spiro atoms. The summed E-state index contributed by atoms with van der Waals surface area (Å²) in [5.74, 6) is -0.325. The van der Waals surface area contributed by atoms with Crippen LogP contribution in [-0.4, -0.2) is 57.4 Å². The van der Waals surface area contributed by atoms with Gasteiger partial charge in [-0.3, -0.25) is 9.69 Å². The lowest BCUT2D eigenvalue weighted by atomic mass is 9.96. The first-order chi connectivity index (χ1) is 20.1. The van der Waals surface area contributed by atoms with Gasteiger partial charge in [-0.15, -0.1) is 0 Å². The minimum Gasteiger partial charge on any atom is -0.465 e. The Labute approximate surface area is 247 Å². The van der Waals surface area contributed by atoms with Crippen LogP contribution in [0.4, 0.5) is 4.79 Å². The molecule has 1 aromatic heterocycles. The van der Waals surface area contributed by atoms with E-state index in [4.69, 9.17) is 9.52 Å². The summed E-state index contributed by atoms with van der Waals surface area (Å²) in [6.45, 7) is 9.03. The number of nitrogens with zero attached hydrogens (tertiary/aromatic N) is 4. The monoisotopic (exact) mass is 583 g/mol. The van der Waals surface area contributed by atoms with Gasteiger partial charge in [-0.2, -0.15) is 15.0 Å². The minimum atomic E-state index is -2.80. The maximum absolute atomic E-state index is 12.5. The average Bonchev–Trinajstić information content (AvgIpc) is 3.45. The van der Waals surface area contributed by atoms with Crippen LogP contribution in [0, 0.1) is 0 Å². The first-order valence-electron chi connectivity index (χ1n) is 14.1. The molecule has 2 amide bonds. The van der Waals surface area contributed by atoms with E-state index in [-0.39, 0.29) is 30.1 Å². The van der Waals surface area contributed by atoms with Crippen molar-refractivity contribution in [3.05, 3.63) is 108 Å². The Bertz CT molecular complexity index is 1470. The van der Waals surface area contributed by atoms with Crippen LogP contribution in [0.15, 0.2) is 97.2 Å². The summed E-state index contributed by atoms with van der Waals surface area (Å²) >= 11 is 0. The van der Waals surface area contributed by atoms with Crippen LogP contribution in [0.5, 0.6) is 0 Å². The van der Waals surface area contributed by atoms with Crippen molar-refractivity contribution in [3.8, 4) is 0 Å². The van der Waals surface area contributed by atoms with E-state index in [9.17, 15) is 14.7 Å². The highest BCUT2D eigenvalue weighted by atomic mass is 28.4. The molecule has 3 aromatic carbocycles. The molecule has 0 bridgehead atoms. The number of aromatic nitrogens is 3. The minimum absolute atomic E-state index is 0.117. The van der Waals surface area contributed by atoms with Crippen molar-refractivity contribution in [1.82, 2.24) is 25.2 Å². The molecule has 218 valence electrons. The number of β-lactam (4-membered cyclic amide) rings is 1. The van der Waals surface area contributed by atoms with Crippen molar-refractivity contribution in [3.63, 3.8) is 0 Å². The number of hydrogen-bond donors (Lipinski definition) is 2. The molecule has 2 N–H and O–H groups in total. The van der Waals surface area contributed by atoms with Gasteiger partial charge in [0, 0.05) is 6.54 Å². The van der Waals surface area contributed by atoms with Gasteiger partial charge >= 0.3 is 6.09 Å². The largest absolute Gasteiger partial charge is 0.465 e. The highest BCUT2D eigenvalue weighted by Crippen LogP contribution is 2.39. The Morgan fingerprint density at radius 3 is 2.05 bits per heavy atom. The Balaban J connectivity index is 1.37. The Hall–Kier alpha value is -4.28. The number of carbonyl (C=O) groups is 2. The van der Waals surface area contributed by atoms with Gasteiger partial charge < -0.3 is 14.8 Å². The second kappa shape index (κ2) is 11.9. The van der Waals surface area contributed by atoms with Gasteiger partial charge in [0.05, 0.1) is 24.9 Å². The van der Waals surface area contributed by atoms with Crippen molar-refractivity contribution >= 4 is 30.7 Å². The van der Waals surface area contributed by atoms with Gasteiger partial charge in [-0.25, -0.2) is 4.79 Å². The lowest BCUT2D eigenvalue weighted by molar-refractivity contribution is -0.137. The number of carboxylic acid groups (broad SMARTS) is 1. The summed E-state index contributed by atoms with van der Waals surface area (Å²) in [4.78, 5) is 27.3. The fraction of sp³-hybridized carbons (Fsp3) is 0.312. The van der Waals surface area contributed by atoms with Crippen LogP contribution in [0.2, 0.25) is 5.04 Å². The number of rotatable bonds is 10. The van der Waals surface area contributed by atoms with Gasteiger partial charge in [0.15, 0.2) is 0 Å². The maximum Gasteiger partial charge on any atom is 0.408 e. The molecule has 4 aromatic rings. The molecule has 9 nitrogen and oxygen atoms in total. The van der Waals surface area contributed by atoms with Crippen molar-refractivity contribution in [2.45, 2.75) is 64.0 Å². The van der Waals surface area contributed by atoms with Gasteiger partial charge in [0.25, 0.3) is 8.32 Å². The van der Waals surface area contributed by atoms with Crippen molar-refractivity contribution in [1.29, 1.82) is 0 Å². The fourth-order valence-corrected chi connectivity index (χ4v) is 10.4. The van der Waals surface area contributed by atoms with Crippen LogP contribution in [0.25, 0.3) is 0 Å². The number of hydrogen-bond acceptors (Lipinski definition) is 5. The standard InChI is InChI=1S/C32H37N5O4Si/c1-23(41-42(32(2,3)4,25-16-10-6-11-17-25)26-18-12-7-13-19-26)27-20-33-37(35-27)22-28-29(30(38)34-28)36(31(39)40)21-24-14-8-5-9-15-24/h5-20,23,28-29H,21-22H2,1-4H3,(H,34,38)(H,39,40)/t23?,28-,29-/m0/s1. The number of amides is 2. The van der Waals surface area contributed by atoms with Crippen molar-refractivity contribution in [2.75, 3.05) is 0 Å². The topological polar surface area (TPSA) is 110 Å². The van der Waals surface area contributed by atoms with Crippen LogP contribution in [0.3, 0.4) is 0 Å². The lowest BCUT2D eigenvalue weighted by Gasteiger charge is -2.44. The second-order valence-electron chi connectivity index (χ2n) is 11.7. The fourth-order valence-electron chi connectivity index (χ4n) is 5.78. The predicted octanol–water partition coefficient (Wildman–Crippen LogP) is 3.96. The van der Waals surface area contributed by atoms with E-state index in [0.29, 0.717) is 5.69 Å². The smallest absolute Gasteiger partial charge is 0.408 e. The van der Waals surface area contributed by atoms with Gasteiger partial charge in [0.2, 0.25) is 5.91 Å². The zero-order chi connectivity index (χ0) is 29.9. The molecule has 0 saturated carbocycles. The van der Waals surface area contributed by atoms with Crippen molar-refractivity contribution < 1.29 is 19.1 Å². The molecule has 0 radical (unpaired) electrons. The zero-order valence-electron chi connectivity index (χ0n) is 24.3. The number of nitrogens with one attached hydrogen (secondary N) is 1. The van der Waals surface area contributed by atoms with E-state index in [1.165, 1.54) is 20.1 Å². The molecular formula is C32H37N5O4Si. The average molecular weight is 584 g/mol. The molecule has 3 atom stereocenters. The van der Waals surface area contributed by atoms with E-state index in [1.54, 1.807) is 6.20 Å². The van der Waals surface area contributed by atoms with Crippen LogP contribution < -0.4 is 15.7 Å². The summed E-state index contributed by atoms with van der Waals surface area (Å²) in [5, 5.41) is 24.1. The third-order valence-electron chi connectivity index (χ3n) is 7.86. The summed E-state index contributed by atoms with van der Waals surface area (Å²) in [5.41, 5.74) is 1.48. The molecule has 1 fully saturated rings. The molecule has 10 heteroatoms. The quantitative estimate of drug-likeness (QED) is 0.216. The lowest BCUT2D eigenvalue weighted by Crippen LogP contribution is -2.70. The molecule has 5 rings (SSSR count). The van der Waals surface area contributed by atoms with E-state index in [0.717, 1.165) is 5.56 Å². The summed E-state index contributed by atoms with van der Waals surface area (Å²) in [7, 11) is -2.80. The summed E-state index contributed by atoms with van der Waals surface area (Å²) in [6.07, 6.45) is 0.173. The first kappa shape index (κ1) is 29.2. The highest BCUT2D eigenvalue weighted by Gasteiger charge is 2.51. The van der Waals surface area contributed by atoms with E-state index >= 15 is 0 Å². The molecule has 42 heavy (non-hydrogen) atoms. The number of carbonyl (C=O) groups excluding carboxylic acids is 1. The molecule has 1 aliphatic rings. The van der Waals surface area contributed by atoms with Crippen LogP contribution >= 0.6 is 0 Å². The van der Waals surface area contributed by atoms with Crippen LogP contribution in [0.1, 0.15) is 45.1 Å². The molecular weight excluding hydrogens is 546 g/mol.